The molecule has 0 aliphatic heterocycles. The van der Waals surface area contributed by atoms with Gasteiger partial charge in [-0.2, -0.15) is 0 Å². The monoisotopic (exact) mass is 266 g/mol. The van der Waals surface area contributed by atoms with Crippen LogP contribution in [0.5, 0.6) is 0 Å². The van der Waals surface area contributed by atoms with Gasteiger partial charge in [0.05, 0.1) is 9.72 Å². The van der Waals surface area contributed by atoms with Crippen molar-refractivity contribution in [3.05, 3.63) is 22.2 Å². The Morgan fingerprint density at radius 1 is 1.47 bits per heavy atom. The second-order valence-electron chi connectivity index (χ2n) is 5.02. The van der Waals surface area contributed by atoms with Crippen LogP contribution < -0.4 is 5.73 Å². The van der Waals surface area contributed by atoms with Crippen molar-refractivity contribution in [2.75, 3.05) is 5.73 Å². The highest BCUT2D eigenvalue weighted by atomic mass is 35.5. The van der Waals surface area contributed by atoms with Gasteiger partial charge in [0.2, 0.25) is 0 Å². The summed E-state index contributed by atoms with van der Waals surface area (Å²) in [7, 11) is 0. The number of nitrogens with zero attached hydrogens (tertiary/aromatic N) is 1. The third kappa shape index (κ3) is 1.81. The van der Waals surface area contributed by atoms with E-state index in [-0.39, 0.29) is 0 Å². The third-order valence-electron chi connectivity index (χ3n) is 3.30. The summed E-state index contributed by atoms with van der Waals surface area (Å²) in [5.41, 5.74) is 9.52. The first-order valence-electron chi connectivity index (χ1n) is 5.96. The highest BCUT2D eigenvalue weighted by molar-refractivity contribution is 7.22. The summed E-state index contributed by atoms with van der Waals surface area (Å²) in [6, 6.07) is 2.11. The van der Waals surface area contributed by atoms with Crippen LogP contribution in [0.15, 0.2) is 6.07 Å². The number of benzene rings is 1. The summed E-state index contributed by atoms with van der Waals surface area (Å²) < 4.78 is 1.19. The number of halogens is 1. The Balaban J connectivity index is 2.36. The van der Waals surface area contributed by atoms with Crippen LogP contribution in [0.3, 0.4) is 0 Å². The number of fused-ring (bicyclic) bond motifs is 1. The third-order valence-corrected chi connectivity index (χ3v) is 4.51. The number of aromatic nitrogens is 1. The fourth-order valence-corrected chi connectivity index (χ4v) is 3.79. The first-order valence-corrected chi connectivity index (χ1v) is 7.15. The topological polar surface area (TPSA) is 38.9 Å². The van der Waals surface area contributed by atoms with Gasteiger partial charge in [-0.1, -0.05) is 36.8 Å². The molecule has 1 aromatic heterocycles. The maximum atomic E-state index is 6.31. The van der Waals surface area contributed by atoms with Crippen molar-refractivity contribution in [3.63, 3.8) is 0 Å². The molecular formula is C13H15ClN2S. The molecule has 0 bridgehead atoms. The Kier molecular flexibility index (Phi) is 2.56. The molecule has 0 amide bonds. The molecule has 4 heteroatoms. The molecule has 90 valence electrons. The Morgan fingerprint density at radius 3 is 2.76 bits per heavy atom. The Morgan fingerprint density at radius 2 is 2.18 bits per heavy atom. The standard InChI is InChI=1S/C13H15ClN2S/c1-6(2)10-8(7-3-4-7)5-9(14)11-12(10)17-13(15)16-11/h5-7H,3-4H2,1-2H3,(H2,15,16). The van der Waals surface area contributed by atoms with Crippen LogP contribution in [0.4, 0.5) is 5.13 Å². The molecule has 2 aromatic rings. The second kappa shape index (κ2) is 3.85. The molecule has 2 nitrogen and oxygen atoms in total. The first kappa shape index (κ1) is 11.3. The molecule has 1 fully saturated rings. The van der Waals surface area contributed by atoms with Gasteiger partial charge in [-0.15, -0.1) is 0 Å². The molecule has 1 saturated carbocycles. The van der Waals surface area contributed by atoms with Crippen molar-refractivity contribution in [3.8, 4) is 0 Å². The van der Waals surface area contributed by atoms with Gasteiger partial charge in [-0.25, -0.2) is 4.98 Å². The van der Waals surface area contributed by atoms with E-state index in [9.17, 15) is 0 Å². The predicted octanol–water partition coefficient (Wildman–Crippen LogP) is 4.53. The first-order chi connectivity index (χ1) is 8.08. The fourth-order valence-electron chi connectivity index (χ4n) is 2.42. The van der Waals surface area contributed by atoms with E-state index in [2.05, 4.69) is 24.9 Å². The van der Waals surface area contributed by atoms with Crippen LogP contribution in [0.1, 0.15) is 49.7 Å². The molecule has 1 aromatic carbocycles. The summed E-state index contributed by atoms with van der Waals surface area (Å²) in [6.45, 7) is 4.45. The lowest BCUT2D eigenvalue weighted by molar-refractivity contribution is 0.854. The van der Waals surface area contributed by atoms with E-state index >= 15 is 0 Å². The molecule has 2 N–H and O–H groups in total. The maximum Gasteiger partial charge on any atom is 0.181 e. The minimum atomic E-state index is 0.491. The summed E-state index contributed by atoms with van der Waals surface area (Å²) >= 11 is 7.88. The lowest BCUT2D eigenvalue weighted by atomic mass is 9.94. The van der Waals surface area contributed by atoms with E-state index in [1.807, 2.05) is 0 Å². The lowest BCUT2D eigenvalue weighted by Crippen LogP contribution is -1.96. The number of anilines is 1. The van der Waals surface area contributed by atoms with E-state index in [0.29, 0.717) is 17.0 Å². The number of nitrogens with two attached hydrogens (primary N) is 1. The maximum absolute atomic E-state index is 6.31. The second-order valence-corrected chi connectivity index (χ2v) is 6.46. The van der Waals surface area contributed by atoms with Gasteiger partial charge < -0.3 is 5.73 Å². The number of rotatable bonds is 2. The average molecular weight is 267 g/mol. The Labute approximate surface area is 110 Å². The highest BCUT2D eigenvalue weighted by Crippen LogP contribution is 2.48. The van der Waals surface area contributed by atoms with Gasteiger partial charge in [-0.3, -0.25) is 0 Å². The van der Waals surface area contributed by atoms with Crippen molar-refractivity contribution in [1.29, 1.82) is 0 Å². The summed E-state index contributed by atoms with van der Waals surface area (Å²) in [4.78, 5) is 4.34. The molecule has 1 aliphatic carbocycles. The van der Waals surface area contributed by atoms with Gasteiger partial charge in [0.1, 0.15) is 5.52 Å². The largest absolute Gasteiger partial charge is 0.375 e. The average Bonchev–Trinajstić information content (AvgIpc) is 3.00. The Hall–Kier alpha value is -0.800. The quantitative estimate of drug-likeness (QED) is 0.867. The van der Waals surface area contributed by atoms with E-state index in [0.717, 1.165) is 10.5 Å². The zero-order chi connectivity index (χ0) is 12.2. The number of hydrogen-bond donors (Lipinski definition) is 1. The molecule has 0 saturated heterocycles. The minimum absolute atomic E-state index is 0.491. The van der Waals surface area contributed by atoms with E-state index in [1.165, 1.54) is 28.7 Å². The van der Waals surface area contributed by atoms with E-state index in [1.54, 1.807) is 11.3 Å². The zero-order valence-corrected chi connectivity index (χ0v) is 11.5. The van der Waals surface area contributed by atoms with Gasteiger partial charge in [0, 0.05) is 0 Å². The fraction of sp³-hybridized carbons (Fsp3) is 0.462. The van der Waals surface area contributed by atoms with Gasteiger partial charge in [-0.05, 0) is 41.9 Å². The van der Waals surface area contributed by atoms with Crippen molar-refractivity contribution in [2.45, 2.75) is 38.5 Å². The molecule has 17 heavy (non-hydrogen) atoms. The van der Waals surface area contributed by atoms with Crippen molar-refractivity contribution >= 4 is 38.3 Å². The van der Waals surface area contributed by atoms with Crippen LogP contribution in [0.2, 0.25) is 5.02 Å². The summed E-state index contributed by atoms with van der Waals surface area (Å²) in [5, 5.41) is 1.36. The number of nitrogen functional groups attached to an aromatic ring is 1. The predicted molar refractivity (Wildman–Crippen MR) is 75.1 cm³/mol. The molecular weight excluding hydrogens is 252 g/mol. The van der Waals surface area contributed by atoms with Crippen LogP contribution in [-0.4, -0.2) is 4.98 Å². The van der Waals surface area contributed by atoms with E-state index in [4.69, 9.17) is 17.3 Å². The lowest BCUT2D eigenvalue weighted by Gasteiger charge is -2.14. The molecule has 0 unspecified atom stereocenters. The van der Waals surface area contributed by atoms with Gasteiger partial charge in [0.25, 0.3) is 0 Å². The molecule has 0 radical (unpaired) electrons. The normalized spacial score (nSPS) is 16.0. The smallest absolute Gasteiger partial charge is 0.181 e. The van der Waals surface area contributed by atoms with Gasteiger partial charge >= 0.3 is 0 Å². The van der Waals surface area contributed by atoms with Crippen LogP contribution in [0.25, 0.3) is 10.2 Å². The molecule has 1 heterocycles. The van der Waals surface area contributed by atoms with Crippen molar-refractivity contribution in [1.82, 2.24) is 4.98 Å². The number of thiazole rings is 1. The van der Waals surface area contributed by atoms with Gasteiger partial charge in [0.15, 0.2) is 5.13 Å². The summed E-state index contributed by atoms with van der Waals surface area (Å²) in [6.07, 6.45) is 2.58. The number of hydrogen-bond acceptors (Lipinski definition) is 3. The van der Waals surface area contributed by atoms with Crippen LogP contribution in [-0.2, 0) is 0 Å². The Bertz CT molecular complexity index is 585. The highest BCUT2D eigenvalue weighted by Gasteiger charge is 2.29. The van der Waals surface area contributed by atoms with Crippen molar-refractivity contribution < 1.29 is 0 Å². The minimum Gasteiger partial charge on any atom is -0.375 e. The van der Waals surface area contributed by atoms with Crippen LogP contribution in [0, 0.1) is 0 Å². The van der Waals surface area contributed by atoms with E-state index < -0.39 is 0 Å². The molecule has 0 atom stereocenters. The molecule has 0 spiro atoms. The summed E-state index contributed by atoms with van der Waals surface area (Å²) in [5.74, 6) is 1.20. The van der Waals surface area contributed by atoms with Crippen LogP contribution >= 0.6 is 22.9 Å². The van der Waals surface area contributed by atoms with Crippen molar-refractivity contribution in [2.24, 2.45) is 0 Å². The molecule has 1 aliphatic rings. The zero-order valence-electron chi connectivity index (χ0n) is 9.96. The molecule has 3 rings (SSSR count). The SMILES string of the molecule is CC(C)c1c(C2CC2)cc(Cl)c2nc(N)sc12.